The van der Waals surface area contributed by atoms with Crippen LogP contribution in [0.4, 0.5) is 5.69 Å². The van der Waals surface area contributed by atoms with Crippen molar-refractivity contribution in [3.63, 3.8) is 0 Å². The lowest BCUT2D eigenvalue weighted by Gasteiger charge is -2.35. The van der Waals surface area contributed by atoms with Crippen LogP contribution in [0.15, 0.2) is 60.7 Å². The fraction of sp³-hybridized carbons (Fsp3) is 0.400. The predicted octanol–water partition coefficient (Wildman–Crippen LogP) is 3.69. The molecule has 0 spiro atoms. The molecule has 0 N–H and O–H groups in total. The van der Waals surface area contributed by atoms with Gasteiger partial charge in [0.2, 0.25) is 5.91 Å². The van der Waals surface area contributed by atoms with E-state index in [4.69, 9.17) is 0 Å². The monoisotopic (exact) mass is 389 g/mol. The Hall–Kier alpha value is -2.59. The van der Waals surface area contributed by atoms with Gasteiger partial charge in [0.15, 0.2) is 0 Å². The largest absolute Gasteiger partial charge is 0.368 e. The Balaban J connectivity index is 1.21. The number of anilines is 1. The first-order valence-electron chi connectivity index (χ1n) is 10.8. The van der Waals surface area contributed by atoms with Gasteiger partial charge in [-0.3, -0.25) is 9.69 Å². The molecule has 1 saturated heterocycles. The molecule has 4 rings (SSSR count). The first-order valence-corrected chi connectivity index (χ1v) is 10.8. The molecule has 1 fully saturated rings. The first kappa shape index (κ1) is 19.7. The molecule has 1 atom stereocenters. The van der Waals surface area contributed by atoms with Crippen molar-refractivity contribution in [2.24, 2.45) is 0 Å². The Morgan fingerprint density at radius 1 is 1.00 bits per heavy atom. The number of benzene rings is 2. The molecule has 29 heavy (non-hydrogen) atoms. The summed E-state index contributed by atoms with van der Waals surface area (Å²) in [6, 6.07) is 19.5. The van der Waals surface area contributed by atoms with E-state index in [0.717, 1.165) is 45.7 Å². The summed E-state index contributed by atoms with van der Waals surface area (Å²) in [6.45, 7) is 7.60. The Morgan fingerprint density at radius 2 is 1.72 bits per heavy atom. The Morgan fingerprint density at radius 3 is 2.52 bits per heavy atom. The number of para-hydroxylation sites is 1. The maximum atomic E-state index is 12.7. The van der Waals surface area contributed by atoms with E-state index in [9.17, 15) is 4.79 Å². The van der Waals surface area contributed by atoms with Crippen molar-refractivity contribution in [3.8, 4) is 0 Å². The van der Waals surface area contributed by atoms with E-state index in [-0.39, 0.29) is 0 Å². The van der Waals surface area contributed by atoms with Gasteiger partial charge in [-0.25, -0.2) is 0 Å². The zero-order chi connectivity index (χ0) is 20.1. The van der Waals surface area contributed by atoms with E-state index >= 15 is 0 Å². The molecule has 2 aliphatic rings. The predicted molar refractivity (Wildman–Crippen MR) is 120 cm³/mol. The van der Waals surface area contributed by atoms with Crippen LogP contribution in [0.3, 0.4) is 0 Å². The number of fused-ring (bicyclic) bond motifs is 1. The molecule has 4 nitrogen and oxygen atoms in total. The second-order valence-corrected chi connectivity index (χ2v) is 8.12. The van der Waals surface area contributed by atoms with Crippen molar-refractivity contribution in [2.45, 2.75) is 25.8 Å². The lowest BCUT2D eigenvalue weighted by atomic mass is 10.1. The Kier molecular flexibility index (Phi) is 6.30. The fourth-order valence-electron chi connectivity index (χ4n) is 4.43. The number of nitrogens with zero attached hydrogens (tertiary/aromatic N) is 3. The molecule has 0 aromatic heterocycles. The molecule has 2 heterocycles. The quantitative estimate of drug-likeness (QED) is 0.754. The second kappa shape index (κ2) is 9.27. The van der Waals surface area contributed by atoms with Crippen molar-refractivity contribution in [1.29, 1.82) is 0 Å². The third kappa shape index (κ3) is 4.88. The van der Waals surface area contributed by atoms with Crippen LogP contribution in [0.5, 0.6) is 0 Å². The van der Waals surface area contributed by atoms with Gasteiger partial charge < -0.3 is 9.80 Å². The van der Waals surface area contributed by atoms with Gasteiger partial charge in [-0.1, -0.05) is 60.7 Å². The van der Waals surface area contributed by atoms with E-state index < -0.39 is 0 Å². The normalized spacial score (nSPS) is 19.7. The van der Waals surface area contributed by atoms with Crippen molar-refractivity contribution >= 4 is 17.7 Å². The molecule has 1 amide bonds. The first-order chi connectivity index (χ1) is 14.2. The van der Waals surface area contributed by atoms with Gasteiger partial charge >= 0.3 is 0 Å². The average molecular weight is 390 g/mol. The lowest BCUT2D eigenvalue weighted by molar-refractivity contribution is -0.132. The SMILES string of the molecule is CC1Cc2ccccc2N1CCC(=O)N1CCN(C/C=C/c2ccccc2)CC1. The molecule has 152 valence electrons. The summed E-state index contributed by atoms with van der Waals surface area (Å²) in [5, 5.41) is 0. The minimum Gasteiger partial charge on any atom is -0.368 e. The summed E-state index contributed by atoms with van der Waals surface area (Å²) < 4.78 is 0. The van der Waals surface area contributed by atoms with Crippen LogP contribution in [-0.2, 0) is 11.2 Å². The van der Waals surface area contributed by atoms with E-state index in [1.165, 1.54) is 16.8 Å². The highest BCUT2D eigenvalue weighted by Crippen LogP contribution is 2.31. The van der Waals surface area contributed by atoms with Crippen LogP contribution in [0.1, 0.15) is 24.5 Å². The zero-order valence-corrected chi connectivity index (χ0v) is 17.3. The van der Waals surface area contributed by atoms with Gasteiger partial charge in [0.05, 0.1) is 0 Å². The highest BCUT2D eigenvalue weighted by atomic mass is 16.2. The molecule has 0 bridgehead atoms. The number of rotatable bonds is 6. The number of hydrogen-bond acceptors (Lipinski definition) is 3. The summed E-state index contributed by atoms with van der Waals surface area (Å²) in [4.78, 5) is 19.6. The van der Waals surface area contributed by atoms with Crippen molar-refractivity contribution in [1.82, 2.24) is 9.80 Å². The molecule has 0 radical (unpaired) electrons. The van der Waals surface area contributed by atoms with Crippen LogP contribution in [0.25, 0.3) is 6.08 Å². The number of hydrogen-bond donors (Lipinski definition) is 0. The topological polar surface area (TPSA) is 26.8 Å². The van der Waals surface area contributed by atoms with Crippen LogP contribution in [0, 0.1) is 0 Å². The molecule has 4 heteroatoms. The fourth-order valence-corrected chi connectivity index (χ4v) is 4.43. The van der Waals surface area contributed by atoms with Gasteiger partial charge in [0.1, 0.15) is 0 Å². The minimum absolute atomic E-state index is 0.293. The van der Waals surface area contributed by atoms with Gasteiger partial charge in [0.25, 0.3) is 0 Å². The third-order valence-electron chi connectivity index (χ3n) is 6.11. The summed E-state index contributed by atoms with van der Waals surface area (Å²) in [5.74, 6) is 0.293. The Labute approximate surface area is 174 Å². The van der Waals surface area contributed by atoms with Gasteiger partial charge in [-0.15, -0.1) is 0 Å². The second-order valence-electron chi connectivity index (χ2n) is 8.12. The number of piperazine rings is 1. The standard InChI is InChI=1S/C25H31N3O/c1-21-20-23-11-5-6-12-24(23)28(21)15-13-25(29)27-18-16-26(17-19-27)14-7-10-22-8-3-2-4-9-22/h2-12,21H,13-20H2,1H3/b10-7+. The van der Waals surface area contributed by atoms with E-state index in [1.54, 1.807) is 0 Å². The molecule has 0 saturated carbocycles. The van der Waals surface area contributed by atoms with Gasteiger partial charge in [0, 0.05) is 57.4 Å². The molecule has 1 unspecified atom stereocenters. The molecule has 2 aliphatic heterocycles. The van der Waals surface area contributed by atoms with E-state index in [1.807, 2.05) is 11.0 Å². The maximum absolute atomic E-state index is 12.7. The van der Waals surface area contributed by atoms with E-state index in [0.29, 0.717) is 18.4 Å². The number of carbonyl (C=O) groups is 1. The van der Waals surface area contributed by atoms with Gasteiger partial charge in [-0.2, -0.15) is 0 Å². The third-order valence-corrected chi connectivity index (χ3v) is 6.11. The lowest BCUT2D eigenvalue weighted by Crippen LogP contribution is -2.49. The number of amides is 1. The molecular weight excluding hydrogens is 358 g/mol. The molecular formula is C25H31N3O. The zero-order valence-electron chi connectivity index (χ0n) is 17.3. The van der Waals surface area contributed by atoms with Gasteiger partial charge in [-0.05, 0) is 30.5 Å². The van der Waals surface area contributed by atoms with Crippen molar-refractivity contribution in [3.05, 3.63) is 71.8 Å². The average Bonchev–Trinajstić information content (AvgIpc) is 3.08. The van der Waals surface area contributed by atoms with Crippen LogP contribution >= 0.6 is 0 Å². The Bertz CT molecular complexity index is 840. The van der Waals surface area contributed by atoms with E-state index in [2.05, 4.69) is 77.4 Å². The molecule has 2 aromatic carbocycles. The summed E-state index contributed by atoms with van der Waals surface area (Å²) >= 11 is 0. The van der Waals surface area contributed by atoms with Crippen molar-refractivity contribution in [2.75, 3.05) is 44.2 Å². The van der Waals surface area contributed by atoms with Crippen molar-refractivity contribution < 1.29 is 4.79 Å². The van der Waals surface area contributed by atoms with Crippen LogP contribution in [-0.4, -0.2) is 61.0 Å². The highest BCUT2D eigenvalue weighted by molar-refractivity contribution is 5.77. The molecule has 2 aromatic rings. The number of carbonyl (C=O) groups excluding carboxylic acids is 1. The minimum atomic E-state index is 0.293. The maximum Gasteiger partial charge on any atom is 0.224 e. The summed E-state index contributed by atoms with van der Waals surface area (Å²) in [6.07, 6.45) is 6.08. The van der Waals surface area contributed by atoms with Crippen LogP contribution in [0.2, 0.25) is 0 Å². The van der Waals surface area contributed by atoms with Crippen LogP contribution < -0.4 is 4.90 Å². The highest BCUT2D eigenvalue weighted by Gasteiger charge is 2.27. The summed E-state index contributed by atoms with van der Waals surface area (Å²) in [7, 11) is 0. The summed E-state index contributed by atoms with van der Waals surface area (Å²) in [5.41, 5.74) is 3.95. The molecule has 0 aliphatic carbocycles. The smallest absolute Gasteiger partial charge is 0.224 e.